The fourth-order valence-electron chi connectivity index (χ4n) is 1.30. The number of benzene rings is 1. The van der Waals surface area contributed by atoms with Gasteiger partial charge in [-0.15, -0.1) is 0 Å². The molecule has 1 aliphatic rings. The number of carbonyl (C=O) groups is 3. The topological polar surface area (TPSA) is 77.5 Å². The standard InChI is InChI=1S/C10H6NO2.C2H4O2.Hg/c12-9-6-7-10(13)11(9)8-4-2-1-3-5-8;1-2(3)4;/h2-7H;1H3,(H,3,4);/q;;+1/p-1. The van der Waals surface area contributed by atoms with E-state index in [1.807, 2.05) is 24.3 Å². The van der Waals surface area contributed by atoms with Crippen molar-refractivity contribution in [2.24, 2.45) is 0 Å². The molecule has 6 heteroatoms. The van der Waals surface area contributed by atoms with Gasteiger partial charge in [-0.2, -0.15) is 0 Å². The maximum absolute atomic E-state index is 11.3. The molecule has 2 amide bonds. The summed E-state index contributed by atoms with van der Waals surface area (Å²) in [6, 6.07) is 7.53. The molecule has 1 heterocycles. The van der Waals surface area contributed by atoms with Crippen LogP contribution in [0, 0.1) is 0 Å². The van der Waals surface area contributed by atoms with Crippen LogP contribution in [0.15, 0.2) is 36.4 Å². The Morgan fingerprint density at radius 3 is 1.89 bits per heavy atom. The van der Waals surface area contributed by atoms with Gasteiger partial charge in [-0.25, -0.2) is 0 Å². The van der Waals surface area contributed by atoms with E-state index in [1.165, 1.54) is 20.1 Å². The van der Waals surface area contributed by atoms with Gasteiger partial charge in [0.05, 0.1) is 0 Å². The van der Waals surface area contributed by atoms with Crippen molar-refractivity contribution in [3.63, 3.8) is 0 Å². The Hall–Kier alpha value is -1.49. The molecule has 0 fully saturated rings. The normalized spacial score (nSPS) is 13.4. The first kappa shape index (κ1) is 14.6. The molecule has 2 rings (SSSR count). The van der Waals surface area contributed by atoms with Crippen LogP contribution in [0.1, 0.15) is 6.92 Å². The van der Waals surface area contributed by atoms with Gasteiger partial charge >= 0.3 is 97.6 Å². The number of nitrogens with zero attached hydrogens (tertiary/aromatic N) is 1. The van der Waals surface area contributed by atoms with Crippen molar-refractivity contribution in [1.82, 2.24) is 0 Å². The predicted octanol–water partition coefficient (Wildman–Crippen LogP) is -0.956. The van der Waals surface area contributed by atoms with Crippen LogP contribution < -0.4 is 13.1 Å². The summed E-state index contributed by atoms with van der Waals surface area (Å²) in [5, 5.41) is 8.89. The Bertz CT molecular complexity index is 485. The fraction of sp³-hybridized carbons (Fsp3) is 0.0833. The van der Waals surface area contributed by atoms with E-state index < -0.39 is 5.97 Å². The minimum atomic E-state index is -1.08. The molecule has 0 unspecified atom stereocenters. The average molecular weight is 432 g/mol. The molecule has 0 aromatic heterocycles. The molecule has 0 radical (unpaired) electrons. The van der Waals surface area contributed by atoms with Crippen molar-refractivity contribution in [3.8, 4) is 0 Å². The average Bonchev–Trinajstić information content (AvgIpc) is 2.60. The van der Waals surface area contributed by atoms with Gasteiger partial charge in [0.2, 0.25) is 0 Å². The Morgan fingerprint density at radius 1 is 1.11 bits per heavy atom. The third-order valence-electron chi connectivity index (χ3n) is 2.00. The third-order valence-corrected chi connectivity index (χ3v) is 3.84. The first-order valence-corrected chi connectivity index (χ1v) is 7.82. The van der Waals surface area contributed by atoms with Crippen LogP contribution in [0.25, 0.3) is 0 Å². The number of carboxylic acids is 1. The Kier molecular flexibility index (Phi) is 5.21. The summed E-state index contributed by atoms with van der Waals surface area (Å²) >= 11 is 0.579. The second-order valence-corrected chi connectivity index (χ2v) is 6.68. The van der Waals surface area contributed by atoms with Gasteiger partial charge in [0, 0.05) is 5.97 Å². The van der Waals surface area contributed by atoms with Crippen molar-refractivity contribution >= 4 is 26.5 Å². The number of hydrogen-bond donors (Lipinski definition) is 0. The summed E-state index contributed by atoms with van der Waals surface area (Å²) in [6.45, 7) is 0.972. The molecule has 1 aromatic carbocycles. The van der Waals surface area contributed by atoms with Gasteiger partial charge in [-0.05, 0) is 6.92 Å². The van der Waals surface area contributed by atoms with Crippen LogP contribution in [0.5, 0.6) is 0 Å². The molecular weight excluding hydrogens is 423 g/mol. The van der Waals surface area contributed by atoms with Crippen molar-refractivity contribution in [2.45, 2.75) is 6.92 Å². The zero-order chi connectivity index (χ0) is 13.7. The monoisotopic (exact) mass is 433 g/mol. The van der Waals surface area contributed by atoms with E-state index in [0.29, 0.717) is 31.8 Å². The predicted molar refractivity (Wildman–Crippen MR) is 58.4 cm³/mol. The summed E-state index contributed by atoms with van der Waals surface area (Å²) in [5.74, 6) is -1.61. The van der Waals surface area contributed by atoms with E-state index in [2.05, 4.69) is 0 Å². The number of amides is 2. The first-order chi connectivity index (χ1) is 8.41. The molecule has 0 bridgehead atoms. The van der Waals surface area contributed by atoms with Gasteiger partial charge in [-0.3, -0.25) is 0 Å². The van der Waals surface area contributed by atoms with E-state index in [4.69, 9.17) is 9.90 Å². The number of imide groups is 1. The molecule has 18 heavy (non-hydrogen) atoms. The summed E-state index contributed by atoms with van der Waals surface area (Å²) in [6.07, 6.45) is 2.58. The number of rotatable bonds is 1. The molecule has 1 aliphatic heterocycles. The molecule has 1 aromatic rings. The summed E-state index contributed by atoms with van der Waals surface area (Å²) < 4.78 is 1.29. The van der Waals surface area contributed by atoms with Crippen LogP contribution in [-0.4, -0.2) is 17.8 Å². The van der Waals surface area contributed by atoms with Gasteiger partial charge in [0.1, 0.15) is 0 Å². The van der Waals surface area contributed by atoms with Crippen molar-refractivity contribution in [3.05, 3.63) is 36.4 Å². The quantitative estimate of drug-likeness (QED) is 0.424. The molecule has 0 aliphatic carbocycles. The number of aliphatic carboxylic acids is 1. The van der Waals surface area contributed by atoms with E-state index >= 15 is 0 Å². The van der Waals surface area contributed by atoms with Crippen molar-refractivity contribution in [2.75, 3.05) is 4.90 Å². The number of hydrogen-bond acceptors (Lipinski definition) is 4. The summed E-state index contributed by atoms with van der Waals surface area (Å²) in [4.78, 5) is 32.7. The number of carbonyl (C=O) groups excluding carboxylic acids is 3. The molecule has 0 atom stereocenters. The van der Waals surface area contributed by atoms with Crippen LogP contribution >= 0.6 is 0 Å². The molecule has 0 saturated carbocycles. The van der Waals surface area contributed by atoms with Crippen molar-refractivity contribution < 1.29 is 45.6 Å². The Labute approximate surface area is 120 Å². The van der Waals surface area contributed by atoms with Crippen LogP contribution in [0.2, 0.25) is 0 Å². The molecule has 0 N–H and O–H groups in total. The Morgan fingerprint density at radius 2 is 1.50 bits per heavy atom. The van der Waals surface area contributed by atoms with E-state index in [0.717, 1.165) is 6.92 Å². The van der Waals surface area contributed by atoms with Crippen LogP contribution in [-0.2, 0) is 40.5 Å². The molecular formula is C12H9HgNO4. The molecule has 5 nitrogen and oxygen atoms in total. The minimum absolute atomic E-state index is 0.263. The van der Waals surface area contributed by atoms with Gasteiger partial charge < -0.3 is 9.90 Å². The maximum atomic E-state index is 11.3. The SMILES string of the molecule is CC(=O)[O-].O=C1C=CC(=O)N1c1cc[c]([Hg+])cc1. The van der Waals surface area contributed by atoms with Gasteiger partial charge in [0.25, 0.3) is 0 Å². The van der Waals surface area contributed by atoms with E-state index in [1.54, 1.807) is 0 Å². The fourth-order valence-corrected chi connectivity index (χ4v) is 2.22. The van der Waals surface area contributed by atoms with Gasteiger partial charge in [-0.1, -0.05) is 0 Å². The molecule has 0 spiro atoms. The second kappa shape index (κ2) is 6.44. The molecule has 0 saturated heterocycles. The summed E-state index contributed by atoms with van der Waals surface area (Å²) in [7, 11) is 0. The zero-order valence-electron chi connectivity index (χ0n) is 9.75. The number of anilines is 1. The second-order valence-electron chi connectivity index (χ2n) is 3.50. The first-order valence-electron chi connectivity index (χ1n) is 5.07. The third kappa shape index (κ3) is 4.07. The van der Waals surface area contributed by atoms with Crippen LogP contribution in [0.4, 0.5) is 5.69 Å². The molecule has 88 valence electrons. The number of carboxylic acid groups (broad SMARTS) is 1. The van der Waals surface area contributed by atoms with E-state index in [-0.39, 0.29) is 11.8 Å². The Balaban J connectivity index is 0.000000357. The van der Waals surface area contributed by atoms with Crippen LogP contribution in [0.3, 0.4) is 0 Å². The summed E-state index contributed by atoms with van der Waals surface area (Å²) in [5.41, 5.74) is 0.652. The van der Waals surface area contributed by atoms with Crippen molar-refractivity contribution in [1.29, 1.82) is 0 Å². The zero-order valence-corrected chi connectivity index (χ0v) is 15.2. The van der Waals surface area contributed by atoms with E-state index in [9.17, 15) is 9.59 Å². The van der Waals surface area contributed by atoms with Gasteiger partial charge in [0.15, 0.2) is 0 Å².